The fourth-order valence-corrected chi connectivity index (χ4v) is 2.46. The van der Waals surface area contributed by atoms with Gasteiger partial charge in [0, 0.05) is 7.05 Å². The Morgan fingerprint density at radius 1 is 1.17 bits per heavy atom. The van der Waals surface area contributed by atoms with Crippen molar-refractivity contribution in [3.63, 3.8) is 0 Å². The summed E-state index contributed by atoms with van der Waals surface area (Å²) in [4.78, 5) is 0. The lowest BCUT2D eigenvalue weighted by Gasteiger charge is -2.09. The second-order valence-corrected chi connectivity index (χ2v) is 5.37. The highest BCUT2D eigenvalue weighted by Crippen LogP contribution is 2.23. The fourth-order valence-electron chi connectivity index (χ4n) is 2.00. The summed E-state index contributed by atoms with van der Waals surface area (Å²) in [5, 5.41) is 4.35. The van der Waals surface area contributed by atoms with Crippen molar-refractivity contribution < 1.29 is 4.74 Å². The van der Waals surface area contributed by atoms with Gasteiger partial charge in [-0.1, -0.05) is 6.07 Å². The molecule has 0 spiro atoms. The number of hydrogen-bond donors (Lipinski definition) is 0. The van der Waals surface area contributed by atoms with Gasteiger partial charge in [0.05, 0.1) is 15.9 Å². The molecule has 3 nitrogen and oxygen atoms in total. The van der Waals surface area contributed by atoms with Gasteiger partial charge < -0.3 is 4.74 Å². The van der Waals surface area contributed by atoms with Crippen LogP contribution in [0.15, 0.2) is 22.7 Å². The van der Waals surface area contributed by atoms with Crippen LogP contribution >= 0.6 is 15.9 Å². The van der Waals surface area contributed by atoms with Crippen LogP contribution in [0.4, 0.5) is 0 Å². The Morgan fingerprint density at radius 2 is 1.78 bits per heavy atom. The summed E-state index contributed by atoms with van der Waals surface area (Å²) < 4.78 is 8.71. The minimum atomic E-state index is 0.515. The van der Waals surface area contributed by atoms with Crippen LogP contribution in [-0.2, 0) is 13.7 Å². The predicted octanol–water partition coefficient (Wildman–Crippen LogP) is 3.69. The van der Waals surface area contributed by atoms with Crippen molar-refractivity contribution in [3.05, 3.63) is 45.2 Å². The van der Waals surface area contributed by atoms with E-state index in [1.54, 1.807) is 0 Å². The third-order valence-corrected chi connectivity index (χ3v) is 3.86. The maximum absolute atomic E-state index is 5.84. The van der Waals surface area contributed by atoms with Crippen LogP contribution in [0.2, 0.25) is 0 Å². The first-order valence-corrected chi connectivity index (χ1v) is 6.65. The van der Waals surface area contributed by atoms with Crippen LogP contribution in [0.25, 0.3) is 0 Å². The molecule has 0 radical (unpaired) electrons. The number of ether oxygens (including phenoxy) is 1. The van der Waals surface area contributed by atoms with Gasteiger partial charge in [-0.15, -0.1) is 0 Å². The Labute approximate surface area is 116 Å². The van der Waals surface area contributed by atoms with Crippen LogP contribution in [0.5, 0.6) is 5.75 Å². The van der Waals surface area contributed by atoms with Gasteiger partial charge in [0.15, 0.2) is 0 Å². The van der Waals surface area contributed by atoms with Gasteiger partial charge in [0.25, 0.3) is 0 Å². The number of aryl methyl sites for hydroxylation is 4. The highest BCUT2D eigenvalue weighted by atomic mass is 79.9. The highest BCUT2D eigenvalue weighted by molar-refractivity contribution is 9.10. The average Bonchev–Trinajstić information content (AvgIpc) is 2.50. The molecule has 2 aromatic rings. The van der Waals surface area contributed by atoms with E-state index in [0.29, 0.717) is 6.61 Å². The lowest BCUT2D eigenvalue weighted by atomic mass is 10.1. The van der Waals surface area contributed by atoms with E-state index in [1.807, 2.05) is 30.8 Å². The van der Waals surface area contributed by atoms with Gasteiger partial charge in [0.2, 0.25) is 0 Å². The summed E-state index contributed by atoms with van der Waals surface area (Å²) in [6, 6.07) is 6.23. The molecule has 0 aliphatic carbocycles. The highest BCUT2D eigenvalue weighted by Gasteiger charge is 2.11. The zero-order chi connectivity index (χ0) is 13.3. The topological polar surface area (TPSA) is 27.1 Å². The van der Waals surface area contributed by atoms with Crippen molar-refractivity contribution in [2.75, 3.05) is 0 Å². The van der Waals surface area contributed by atoms with Crippen LogP contribution in [0.1, 0.15) is 22.5 Å². The van der Waals surface area contributed by atoms with Crippen molar-refractivity contribution in [1.29, 1.82) is 0 Å². The molecule has 0 fully saturated rings. The van der Waals surface area contributed by atoms with Crippen LogP contribution < -0.4 is 4.74 Å². The number of benzene rings is 1. The van der Waals surface area contributed by atoms with E-state index in [0.717, 1.165) is 21.6 Å². The smallest absolute Gasteiger partial charge is 0.131 e. The summed E-state index contributed by atoms with van der Waals surface area (Å²) in [5.74, 6) is 0.901. The molecule has 1 heterocycles. The number of halogens is 1. The maximum Gasteiger partial charge on any atom is 0.131 e. The minimum absolute atomic E-state index is 0.515. The number of aromatic nitrogens is 2. The average molecular weight is 309 g/mol. The monoisotopic (exact) mass is 308 g/mol. The standard InChI is InChI=1S/C14H17BrN2O/c1-9-5-10(2)7-12(6-9)18-8-13-14(15)11(3)16-17(13)4/h5-7H,8H2,1-4H3. The molecule has 0 amide bonds. The van der Waals surface area contributed by atoms with E-state index in [-0.39, 0.29) is 0 Å². The molecule has 0 saturated carbocycles. The molecule has 18 heavy (non-hydrogen) atoms. The molecular weight excluding hydrogens is 292 g/mol. The fraction of sp³-hybridized carbons (Fsp3) is 0.357. The molecular formula is C14H17BrN2O. The molecule has 0 atom stereocenters. The molecule has 0 bridgehead atoms. The summed E-state index contributed by atoms with van der Waals surface area (Å²) in [5.41, 5.74) is 4.46. The molecule has 96 valence electrons. The van der Waals surface area contributed by atoms with Gasteiger partial charge in [-0.3, -0.25) is 4.68 Å². The molecule has 0 N–H and O–H groups in total. The van der Waals surface area contributed by atoms with Gasteiger partial charge in [-0.05, 0) is 60.0 Å². The quantitative estimate of drug-likeness (QED) is 0.864. The Balaban J connectivity index is 2.16. The number of rotatable bonds is 3. The molecule has 0 saturated heterocycles. The first kappa shape index (κ1) is 13.1. The number of nitrogens with zero attached hydrogens (tertiary/aromatic N) is 2. The van der Waals surface area contributed by atoms with Crippen molar-refractivity contribution in [2.45, 2.75) is 27.4 Å². The van der Waals surface area contributed by atoms with E-state index in [4.69, 9.17) is 4.74 Å². The van der Waals surface area contributed by atoms with Crippen molar-refractivity contribution >= 4 is 15.9 Å². The maximum atomic E-state index is 5.84. The first-order chi connectivity index (χ1) is 8.47. The van der Waals surface area contributed by atoms with Gasteiger partial charge in [-0.2, -0.15) is 5.10 Å². The van der Waals surface area contributed by atoms with E-state index >= 15 is 0 Å². The van der Waals surface area contributed by atoms with Crippen molar-refractivity contribution in [3.8, 4) is 5.75 Å². The second-order valence-electron chi connectivity index (χ2n) is 4.58. The van der Waals surface area contributed by atoms with Gasteiger partial charge in [-0.25, -0.2) is 0 Å². The number of hydrogen-bond acceptors (Lipinski definition) is 2. The first-order valence-electron chi connectivity index (χ1n) is 5.86. The van der Waals surface area contributed by atoms with E-state index in [2.05, 4.69) is 40.9 Å². The third kappa shape index (κ3) is 2.75. The van der Waals surface area contributed by atoms with Crippen LogP contribution in [-0.4, -0.2) is 9.78 Å². The van der Waals surface area contributed by atoms with Crippen molar-refractivity contribution in [2.24, 2.45) is 7.05 Å². The van der Waals surface area contributed by atoms with Crippen LogP contribution in [0.3, 0.4) is 0 Å². The Bertz CT molecular complexity index is 555. The summed E-state index contributed by atoms with van der Waals surface area (Å²) in [6.07, 6.45) is 0. The summed E-state index contributed by atoms with van der Waals surface area (Å²) in [6.45, 7) is 6.64. The summed E-state index contributed by atoms with van der Waals surface area (Å²) >= 11 is 3.54. The summed E-state index contributed by atoms with van der Waals surface area (Å²) in [7, 11) is 1.93. The molecule has 0 aliphatic heterocycles. The molecule has 1 aromatic heterocycles. The van der Waals surface area contributed by atoms with Gasteiger partial charge in [0.1, 0.15) is 12.4 Å². The predicted molar refractivity (Wildman–Crippen MR) is 75.9 cm³/mol. The van der Waals surface area contributed by atoms with Crippen LogP contribution in [0, 0.1) is 20.8 Å². The third-order valence-electron chi connectivity index (χ3n) is 2.83. The van der Waals surface area contributed by atoms with Crippen molar-refractivity contribution in [1.82, 2.24) is 9.78 Å². The van der Waals surface area contributed by atoms with Gasteiger partial charge >= 0.3 is 0 Å². The normalized spacial score (nSPS) is 10.7. The lowest BCUT2D eigenvalue weighted by Crippen LogP contribution is -2.03. The second kappa shape index (κ2) is 5.14. The Morgan fingerprint density at radius 3 is 2.28 bits per heavy atom. The zero-order valence-electron chi connectivity index (χ0n) is 11.1. The van der Waals surface area contributed by atoms with E-state index in [1.165, 1.54) is 11.1 Å². The molecule has 4 heteroatoms. The minimum Gasteiger partial charge on any atom is -0.487 e. The zero-order valence-corrected chi connectivity index (χ0v) is 12.7. The molecule has 0 unspecified atom stereocenters. The molecule has 2 rings (SSSR count). The Kier molecular flexibility index (Phi) is 3.76. The molecule has 0 aliphatic rings. The SMILES string of the molecule is Cc1cc(C)cc(OCc2c(Br)c(C)nn2C)c1. The molecule has 1 aromatic carbocycles. The largest absolute Gasteiger partial charge is 0.487 e. The Hall–Kier alpha value is -1.29. The van der Waals surface area contributed by atoms with E-state index < -0.39 is 0 Å². The van der Waals surface area contributed by atoms with E-state index in [9.17, 15) is 0 Å². The lowest BCUT2D eigenvalue weighted by molar-refractivity contribution is 0.293.